The van der Waals surface area contributed by atoms with Crippen molar-refractivity contribution in [3.63, 3.8) is 0 Å². The number of aromatic nitrogens is 4. The molecule has 0 atom stereocenters. The molecule has 0 unspecified atom stereocenters. The van der Waals surface area contributed by atoms with Crippen molar-refractivity contribution in [2.75, 3.05) is 49.2 Å². The molecule has 3 aromatic heterocycles. The van der Waals surface area contributed by atoms with Gasteiger partial charge >= 0.3 is 6.03 Å². The van der Waals surface area contributed by atoms with Crippen molar-refractivity contribution in [3.8, 4) is 0 Å². The van der Waals surface area contributed by atoms with Crippen molar-refractivity contribution in [2.45, 2.75) is 63.1 Å². The molecule has 6 rings (SSSR count). The van der Waals surface area contributed by atoms with Crippen LogP contribution in [0.15, 0.2) is 30.7 Å². The van der Waals surface area contributed by atoms with Crippen molar-refractivity contribution < 1.29 is 14.0 Å². The van der Waals surface area contributed by atoms with Crippen LogP contribution in [-0.2, 0) is 0 Å². The first kappa shape index (κ1) is 27.2. The minimum absolute atomic E-state index is 0.0391. The number of halogens is 1. The molecular formula is C28H37FN10O2. The minimum atomic E-state index is -0.619. The van der Waals surface area contributed by atoms with Crippen LogP contribution in [0, 0.1) is 5.82 Å². The summed E-state index contributed by atoms with van der Waals surface area (Å²) in [6, 6.07) is 4.09. The first-order valence-electron chi connectivity index (χ1n) is 14.5. The quantitative estimate of drug-likeness (QED) is 0.344. The Morgan fingerprint density at radius 3 is 2.46 bits per heavy atom. The molecule has 1 saturated heterocycles. The van der Waals surface area contributed by atoms with E-state index >= 15 is 0 Å². The molecule has 1 aliphatic heterocycles. The molecule has 0 aromatic carbocycles. The van der Waals surface area contributed by atoms with E-state index in [-0.39, 0.29) is 29.5 Å². The Morgan fingerprint density at radius 2 is 1.68 bits per heavy atom. The van der Waals surface area contributed by atoms with E-state index in [2.05, 4.69) is 43.2 Å². The smallest absolute Gasteiger partial charge is 0.317 e. The Bertz CT molecular complexity index is 1400. The topological polar surface area (TPSA) is 132 Å². The lowest BCUT2D eigenvalue weighted by Gasteiger charge is -2.32. The lowest BCUT2D eigenvalue weighted by Crippen LogP contribution is -2.47. The standard InChI is InChI=1S/C28H37FN10O2/c1-37-11-2-12-38(14-13-37)28(41)34-20-7-5-19(6-8-20)33-25-15-23(32-18-3-4-18)26-31-17-24(39(26)36-25)27(40)35-22-9-10-30-16-21(22)29/h9-10,15-20,32H,2-8,11-14H2,1H3,(H,33,36)(H,34,41)(H,30,35,40)/t19-,20-. The summed E-state index contributed by atoms with van der Waals surface area (Å²) >= 11 is 0. The van der Waals surface area contributed by atoms with Gasteiger partial charge in [-0.1, -0.05) is 0 Å². The average Bonchev–Trinajstić information content (AvgIpc) is 3.72. The number of nitrogens with zero attached hydrogens (tertiary/aromatic N) is 6. The van der Waals surface area contributed by atoms with E-state index < -0.39 is 11.7 Å². The minimum Gasteiger partial charge on any atom is -0.379 e. The van der Waals surface area contributed by atoms with Gasteiger partial charge in [0, 0.05) is 50.0 Å². The first-order valence-corrected chi connectivity index (χ1v) is 14.5. The predicted octanol–water partition coefficient (Wildman–Crippen LogP) is 3.16. The maximum absolute atomic E-state index is 14.1. The molecule has 0 spiro atoms. The predicted molar refractivity (Wildman–Crippen MR) is 154 cm³/mol. The molecule has 0 bridgehead atoms. The number of amides is 3. The molecule has 2 aliphatic carbocycles. The van der Waals surface area contributed by atoms with Crippen LogP contribution in [0.2, 0.25) is 0 Å². The summed E-state index contributed by atoms with van der Waals surface area (Å²) < 4.78 is 15.6. The number of likely N-dealkylation sites (N-methyl/N-ethyl adjacent to an activating group) is 1. The van der Waals surface area contributed by atoms with Crippen LogP contribution in [0.1, 0.15) is 55.4 Å². The molecule has 3 amide bonds. The fourth-order valence-electron chi connectivity index (χ4n) is 5.52. The number of carbonyl (C=O) groups is 2. The summed E-state index contributed by atoms with van der Waals surface area (Å²) in [7, 11) is 2.10. The number of urea groups is 1. The van der Waals surface area contributed by atoms with Crippen LogP contribution in [-0.4, -0.2) is 92.7 Å². The summed E-state index contributed by atoms with van der Waals surface area (Å²) in [4.78, 5) is 38.3. The molecule has 12 nitrogen and oxygen atoms in total. The third-order valence-electron chi connectivity index (χ3n) is 8.07. The van der Waals surface area contributed by atoms with E-state index in [0.717, 1.165) is 83.0 Å². The molecule has 13 heteroatoms. The van der Waals surface area contributed by atoms with E-state index in [1.54, 1.807) is 0 Å². The van der Waals surface area contributed by atoms with Crippen LogP contribution in [0.5, 0.6) is 0 Å². The van der Waals surface area contributed by atoms with Gasteiger partial charge in [0.1, 0.15) is 5.82 Å². The summed E-state index contributed by atoms with van der Waals surface area (Å²) in [5, 5.41) is 17.6. The number of pyridine rings is 1. The number of imidazole rings is 1. The maximum atomic E-state index is 14.1. The number of hydrogen-bond donors (Lipinski definition) is 4. The highest BCUT2D eigenvalue weighted by Crippen LogP contribution is 2.30. The van der Waals surface area contributed by atoms with E-state index in [1.165, 1.54) is 23.0 Å². The molecule has 218 valence electrons. The molecule has 3 aliphatic rings. The van der Waals surface area contributed by atoms with Gasteiger partial charge < -0.3 is 31.1 Å². The number of carbonyl (C=O) groups excluding carboxylic acids is 2. The second-order valence-electron chi connectivity index (χ2n) is 11.3. The Balaban J connectivity index is 1.12. The zero-order chi connectivity index (χ0) is 28.3. The fourth-order valence-corrected chi connectivity index (χ4v) is 5.52. The Hall–Kier alpha value is -4.00. The molecule has 3 aromatic rings. The summed E-state index contributed by atoms with van der Waals surface area (Å²) in [5.74, 6) is -0.507. The van der Waals surface area contributed by atoms with Gasteiger partial charge in [0.2, 0.25) is 0 Å². The third kappa shape index (κ3) is 6.50. The van der Waals surface area contributed by atoms with E-state index in [0.29, 0.717) is 17.5 Å². The largest absolute Gasteiger partial charge is 0.379 e. The van der Waals surface area contributed by atoms with E-state index in [9.17, 15) is 14.0 Å². The number of fused-ring (bicyclic) bond motifs is 1. The monoisotopic (exact) mass is 564 g/mol. The highest BCUT2D eigenvalue weighted by Gasteiger charge is 2.27. The molecule has 0 radical (unpaired) electrons. The van der Waals surface area contributed by atoms with Crippen LogP contribution < -0.4 is 21.3 Å². The zero-order valence-electron chi connectivity index (χ0n) is 23.3. The van der Waals surface area contributed by atoms with Gasteiger partial charge in [-0.3, -0.25) is 9.78 Å². The number of rotatable bonds is 7. The lowest BCUT2D eigenvalue weighted by atomic mass is 9.91. The zero-order valence-corrected chi connectivity index (χ0v) is 23.3. The Kier molecular flexibility index (Phi) is 7.86. The molecule has 41 heavy (non-hydrogen) atoms. The van der Waals surface area contributed by atoms with Crippen molar-refractivity contribution in [3.05, 3.63) is 42.2 Å². The highest BCUT2D eigenvalue weighted by molar-refractivity contribution is 6.03. The summed E-state index contributed by atoms with van der Waals surface area (Å²) in [6.07, 6.45) is 10.6. The number of hydrogen-bond acceptors (Lipinski definition) is 8. The summed E-state index contributed by atoms with van der Waals surface area (Å²) in [6.45, 7) is 3.48. The molecule has 2 saturated carbocycles. The first-order chi connectivity index (χ1) is 19.9. The summed E-state index contributed by atoms with van der Waals surface area (Å²) in [5.41, 5.74) is 1.57. The van der Waals surface area contributed by atoms with Crippen LogP contribution in [0.3, 0.4) is 0 Å². The second-order valence-corrected chi connectivity index (χ2v) is 11.3. The lowest BCUT2D eigenvalue weighted by molar-refractivity contribution is 0.102. The third-order valence-corrected chi connectivity index (χ3v) is 8.07. The number of anilines is 3. The van der Waals surface area contributed by atoms with Gasteiger partial charge in [0.05, 0.1) is 23.8 Å². The van der Waals surface area contributed by atoms with E-state index in [1.807, 2.05) is 11.0 Å². The molecule has 4 heterocycles. The molecular weight excluding hydrogens is 527 g/mol. The number of nitrogens with one attached hydrogen (secondary N) is 4. The van der Waals surface area contributed by atoms with E-state index in [4.69, 9.17) is 5.10 Å². The Morgan fingerprint density at radius 1 is 0.927 bits per heavy atom. The SMILES string of the molecule is CN1CCCN(C(=O)N[C@H]2CC[C@H](Nc3cc(NC4CC4)c4ncc(C(=O)Nc5ccncc5F)n4n3)CC2)CC1. The maximum Gasteiger partial charge on any atom is 0.317 e. The van der Waals surface area contributed by atoms with Gasteiger partial charge in [-0.15, -0.1) is 5.10 Å². The molecule has 4 N–H and O–H groups in total. The Labute approximate surface area is 238 Å². The van der Waals surface area contributed by atoms with Crippen LogP contribution >= 0.6 is 0 Å². The normalized spacial score (nSPS) is 21.8. The molecule has 3 fully saturated rings. The highest BCUT2D eigenvalue weighted by atomic mass is 19.1. The van der Waals surface area contributed by atoms with Crippen molar-refractivity contribution in [2.24, 2.45) is 0 Å². The van der Waals surface area contributed by atoms with Crippen molar-refractivity contribution >= 4 is 34.8 Å². The van der Waals surface area contributed by atoms with Crippen molar-refractivity contribution in [1.29, 1.82) is 0 Å². The van der Waals surface area contributed by atoms with Crippen LogP contribution in [0.25, 0.3) is 5.65 Å². The van der Waals surface area contributed by atoms with Gasteiger partial charge in [-0.25, -0.2) is 18.7 Å². The van der Waals surface area contributed by atoms with Gasteiger partial charge in [0.25, 0.3) is 5.91 Å². The van der Waals surface area contributed by atoms with Crippen molar-refractivity contribution in [1.82, 2.24) is 34.7 Å². The fraction of sp³-hybridized carbons (Fsp3) is 0.536. The second kappa shape index (κ2) is 11.9. The van der Waals surface area contributed by atoms with Gasteiger partial charge in [-0.2, -0.15) is 0 Å². The van der Waals surface area contributed by atoms with Gasteiger partial charge in [0.15, 0.2) is 17.2 Å². The average molecular weight is 565 g/mol. The van der Waals surface area contributed by atoms with Gasteiger partial charge in [-0.05, 0) is 64.6 Å². The van der Waals surface area contributed by atoms with Crippen LogP contribution in [0.4, 0.5) is 26.4 Å².